The van der Waals surface area contributed by atoms with Gasteiger partial charge in [0.15, 0.2) is 11.5 Å². The van der Waals surface area contributed by atoms with Crippen LogP contribution < -0.4 is 35.5 Å². The highest BCUT2D eigenvalue weighted by molar-refractivity contribution is 7.20. The molecule has 268 valence electrons. The number of hydrogen-bond donors (Lipinski definition) is 4. The van der Waals surface area contributed by atoms with Gasteiger partial charge in [-0.3, -0.25) is 24.0 Å². The molecule has 5 amide bonds. The molecule has 51 heavy (non-hydrogen) atoms. The van der Waals surface area contributed by atoms with Crippen molar-refractivity contribution in [2.45, 2.75) is 31.8 Å². The van der Waals surface area contributed by atoms with Crippen LogP contribution in [0.1, 0.15) is 38.9 Å². The van der Waals surface area contributed by atoms with E-state index in [4.69, 9.17) is 14.2 Å². The van der Waals surface area contributed by atoms with E-state index in [1.807, 2.05) is 54.6 Å². The zero-order valence-corrected chi connectivity index (χ0v) is 29.5. The molecule has 2 bridgehead atoms. The average Bonchev–Trinajstić information content (AvgIpc) is 3.58. The average molecular weight is 716 g/mol. The summed E-state index contributed by atoms with van der Waals surface area (Å²) >= 11 is 1.33. The first-order valence-electron chi connectivity index (χ1n) is 16.5. The first-order valence-corrected chi connectivity index (χ1v) is 17.3. The van der Waals surface area contributed by atoms with Crippen molar-refractivity contribution in [2.75, 3.05) is 47.0 Å². The Morgan fingerprint density at radius 1 is 0.882 bits per heavy atom. The first-order chi connectivity index (χ1) is 24.7. The standard InChI is InChI=1S/C37H41N5O8S/c1-23-34(44)41-27(18-24-10-5-4-6-11-24)36(46)39-15-16-42(37(47)31-21-25-12-7-8-13-30(25)51-31)22-32(43)38-14-9-17-50-33-28(48-2)19-26(35(45)40-23)20-29(33)49-3/h4-8,10-13,19-21,23,27H,9,14-18,22H2,1-3H3,(H,38,43)(H,39,46)(H,40,45)(H,41,44)/t23-,27+/m0/s1. The van der Waals surface area contributed by atoms with Gasteiger partial charge < -0.3 is 40.4 Å². The Morgan fingerprint density at radius 2 is 1.59 bits per heavy atom. The molecular formula is C37H41N5O8S. The van der Waals surface area contributed by atoms with Crippen LogP contribution in [0.25, 0.3) is 10.1 Å². The van der Waals surface area contributed by atoms with E-state index in [2.05, 4.69) is 21.3 Å². The summed E-state index contributed by atoms with van der Waals surface area (Å²) in [6, 6.07) is 19.5. The maximum Gasteiger partial charge on any atom is 0.264 e. The second-order valence-electron chi connectivity index (χ2n) is 11.9. The Morgan fingerprint density at radius 3 is 2.29 bits per heavy atom. The van der Waals surface area contributed by atoms with E-state index in [-0.39, 0.29) is 73.8 Å². The molecule has 0 saturated carbocycles. The van der Waals surface area contributed by atoms with Crippen LogP contribution in [0, 0.1) is 0 Å². The Kier molecular flexibility index (Phi) is 12.5. The predicted octanol–water partition coefficient (Wildman–Crippen LogP) is 2.92. The third kappa shape index (κ3) is 9.54. The van der Waals surface area contributed by atoms with Gasteiger partial charge in [0, 0.05) is 36.3 Å². The van der Waals surface area contributed by atoms with E-state index in [1.54, 1.807) is 6.07 Å². The summed E-state index contributed by atoms with van der Waals surface area (Å²) in [5.41, 5.74) is 0.967. The van der Waals surface area contributed by atoms with E-state index in [1.165, 1.54) is 49.5 Å². The molecule has 4 aromatic rings. The number of amides is 5. The van der Waals surface area contributed by atoms with Gasteiger partial charge in [-0.15, -0.1) is 11.3 Å². The van der Waals surface area contributed by atoms with Gasteiger partial charge in [0.2, 0.25) is 23.5 Å². The fraction of sp³-hybridized carbons (Fsp3) is 0.324. The summed E-state index contributed by atoms with van der Waals surface area (Å²) in [6.45, 7) is 1.75. The highest BCUT2D eigenvalue weighted by atomic mass is 32.1. The van der Waals surface area contributed by atoms with Crippen molar-refractivity contribution in [3.8, 4) is 17.2 Å². The fourth-order valence-corrected chi connectivity index (χ4v) is 6.52. The normalized spacial score (nSPS) is 18.3. The smallest absolute Gasteiger partial charge is 0.264 e. The van der Waals surface area contributed by atoms with E-state index >= 15 is 0 Å². The van der Waals surface area contributed by atoms with Gasteiger partial charge in [-0.05, 0) is 48.6 Å². The molecule has 4 N–H and O–H groups in total. The van der Waals surface area contributed by atoms with Gasteiger partial charge in [-0.25, -0.2) is 0 Å². The lowest BCUT2D eigenvalue weighted by Crippen LogP contribution is -2.54. The van der Waals surface area contributed by atoms with E-state index in [0.717, 1.165) is 15.6 Å². The monoisotopic (exact) mass is 715 g/mol. The maximum absolute atomic E-state index is 13.7. The van der Waals surface area contributed by atoms with Crippen molar-refractivity contribution in [2.24, 2.45) is 0 Å². The Hall–Kier alpha value is -5.63. The third-order valence-corrected chi connectivity index (χ3v) is 9.31. The molecule has 1 aromatic heterocycles. The maximum atomic E-state index is 13.7. The summed E-state index contributed by atoms with van der Waals surface area (Å²) in [6.07, 6.45) is 0.581. The SMILES string of the molecule is COc1cc2cc(OC)c1OCCCNC(=O)CN(C(=O)c1cc3ccccc3s1)CCNC(=O)[C@@H](Cc1ccccc1)NC(=O)[C@H](C)NC2=O. The Labute approximate surface area is 299 Å². The molecule has 2 atom stereocenters. The van der Waals surface area contributed by atoms with Crippen molar-refractivity contribution < 1.29 is 38.2 Å². The molecule has 13 nitrogen and oxygen atoms in total. The van der Waals surface area contributed by atoms with Gasteiger partial charge in [-0.2, -0.15) is 0 Å². The number of thiophene rings is 1. The van der Waals surface area contributed by atoms with E-state index in [0.29, 0.717) is 11.3 Å². The van der Waals surface area contributed by atoms with Crippen LogP contribution in [0.3, 0.4) is 0 Å². The zero-order chi connectivity index (χ0) is 36.3. The third-order valence-electron chi connectivity index (χ3n) is 8.21. The summed E-state index contributed by atoms with van der Waals surface area (Å²) in [4.78, 5) is 69.0. The minimum atomic E-state index is -1.03. The molecule has 2 aliphatic heterocycles. The van der Waals surface area contributed by atoms with Gasteiger partial charge in [0.1, 0.15) is 12.1 Å². The molecule has 14 heteroatoms. The Balaban J connectivity index is 1.41. The Bertz CT molecular complexity index is 1820. The lowest BCUT2D eigenvalue weighted by Gasteiger charge is -2.24. The number of rotatable bonds is 5. The molecule has 0 unspecified atom stereocenters. The predicted molar refractivity (Wildman–Crippen MR) is 192 cm³/mol. The minimum Gasteiger partial charge on any atom is -0.493 e. The topological polar surface area (TPSA) is 164 Å². The number of ether oxygens (including phenoxy) is 3. The highest BCUT2D eigenvalue weighted by Gasteiger charge is 2.27. The number of methoxy groups -OCH3 is 2. The molecule has 3 heterocycles. The van der Waals surface area contributed by atoms with Crippen LogP contribution in [-0.4, -0.2) is 93.5 Å². The van der Waals surface area contributed by atoms with E-state index < -0.39 is 29.8 Å². The molecule has 6 rings (SSSR count). The molecule has 2 aliphatic rings. The van der Waals surface area contributed by atoms with Crippen molar-refractivity contribution in [1.82, 2.24) is 26.2 Å². The fourth-order valence-electron chi connectivity index (χ4n) is 5.49. The molecule has 0 aliphatic carbocycles. The number of nitrogens with one attached hydrogen (secondary N) is 4. The number of nitrogens with zero attached hydrogens (tertiary/aromatic N) is 1. The lowest BCUT2D eigenvalue weighted by molar-refractivity contribution is -0.129. The number of fused-ring (bicyclic) bond motifs is 20. The molecule has 3 aromatic carbocycles. The molecule has 0 fully saturated rings. The van der Waals surface area contributed by atoms with Crippen LogP contribution >= 0.6 is 11.3 Å². The molecule has 0 saturated heterocycles. The number of carbonyl (C=O) groups excluding carboxylic acids is 5. The second kappa shape index (κ2) is 17.3. The van der Waals surface area contributed by atoms with Crippen LogP contribution in [0.5, 0.6) is 17.2 Å². The molecule has 0 radical (unpaired) electrons. The van der Waals surface area contributed by atoms with Crippen LogP contribution in [-0.2, 0) is 20.8 Å². The highest BCUT2D eigenvalue weighted by Crippen LogP contribution is 2.38. The summed E-state index contributed by atoms with van der Waals surface area (Å²) in [5, 5.41) is 12.0. The summed E-state index contributed by atoms with van der Waals surface area (Å²) < 4.78 is 17.9. The number of carbonyl (C=O) groups is 5. The van der Waals surface area contributed by atoms with Crippen molar-refractivity contribution in [1.29, 1.82) is 0 Å². The summed E-state index contributed by atoms with van der Waals surface area (Å²) in [5.74, 6) is -1.64. The van der Waals surface area contributed by atoms with Crippen molar-refractivity contribution in [3.63, 3.8) is 0 Å². The van der Waals surface area contributed by atoms with Crippen molar-refractivity contribution in [3.05, 3.63) is 88.8 Å². The quantitative estimate of drug-likeness (QED) is 0.229. The van der Waals surface area contributed by atoms with Crippen LogP contribution in [0.2, 0.25) is 0 Å². The molecular weight excluding hydrogens is 675 g/mol. The lowest BCUT2D eigenvalue weighted by atomic mass is 10.0. The van der Waals surface area contributed by atoms with Gasteiger partial charge in [0.25, 0.3) is 11.8 Å². The number of hydrogen-bond acceptors (Lipinski definition) is 9. The zero-order valence-electron chi connectivity index (χ0n) is 28.7. The minimum absolute atomic E-state index is 0.0172. The van der Waals surface area contributed by atoms with Gasteiger partial charge in [-0.1, -0.05) is 48.5 Å². The van der Waals surface area contributed by atoms with Gasteiger partial charge >= 0.3 is 0 Å². The number of benzene rings is 3. The van der Waals surface area contributed by atoms with Gasteiger partial charge in [0.05, 0.1) is 32.2 Å². The first kappa shape index (κ1) is 36.6. The van der Waals surface area contributed by atoms with E-state index in [9.17, 15) is 24.0 Å². The molecule has 0 spiro atoms. The van der Waals surface area contributed by atoms with Crippen LogP contribution in [0.15, 0.2) is 72.8 Å². The second-order valence-corrected chi connectivity index (χ2v) is 13.0. The van der Waals surface area contributed by atoms with Crippen LogP contribution in [0.4, 0.5) is 0 Å². The van der Waals surface area contributed by atoms with Crippen molar-refractivity contribution >= 4 is 51.0 Å². The largest absolute Gasteiger partial charge is 0.493 e. The summed E-state index contributed by atoms with van der Waals surface area (Å²) in [7, 11) is 2.85.